The molecule has 1 aromatic rings. The summed E-state index contributed by atoms with van der Waals surface area (Å²) in [6.45, 7) is 2.19. The molecule has 0 aromatic heterocycles. The van der Waals surface area contributed by atoms with Crippen LogP contribution in [0, 0.1) is 0 Å². The highest BCUT2D eigenvalue weighted by atomic mass is 16.5. The lowest BCUT2D eigenvalue weighted by atomic mass is 10.2. The summed E-state index contributed by atoms with van der Waals surface area (Å²) in [4.78, 5) is 13.2. The van der Waals surface area contributed by atoms with Crippen molar-refractivity contribution in [2.24, 2.45) is 5.73 Å². The van der Waals surface area contributed by atoms with Crippen LogP contribution in [-0.4, -0.2) is 31.0 Å². The highest BCUT2D eigenvalue weighted by molar-refractivity contribution is 5.80. The first-order valence-electron chi connectivity index (χ1n) is 5.18. The quantitative estimate of drug-likeness (QED) is 0.827. The maximum absolute atomic E-state index is 11.6. The summed E-state index contributed by atoms with van der Waals surface area (Å²) in [5.41, 5.74) is 6.51. The second-order valence-corrected chi connectivity index (χ2v) is 3.79. The first-order chi connectivity index (χ1) is 7.56. The first kappa shape index (κ1) is 12.5. The molecule has 0 unspecified atom stereocenters. The van der Waals surface area contributed by atoms with Gasteiger partial charge in [-0.2, -0.15) is 0 Å². The smallest absolute Gasteiger partial charge is 0.239 e. The zero-order valence-corrected chi connectivity index (χ0v) is 9.93. The van der Waals surface area contributed by atoms with Gasteiger partial charge in [-0.3, -0.25) is 4.79 Å². The summed E-state index contributed by atoms with van der Waals surface area (Å²) in [5.74, 6) is 0.706. The number of amides is 1. The molecule has 0 saturated heterocycles. The van der Waals surface area contributed by atoms with Crippen LogP contribution in [0.15, 0.2) is 24.3 Å². The number of nitrogens with zero attached hydrogens (tertiary/aromatic N) is 1. The molecular weight excluding hydrogens is 204 g/mol. The van der Waals surface area contributed by atoms with Crippen LogP contribution in [0.3, 0.4) is 0 Å². The molecule has 4 nitrogen and oxygen atoms in total. The second kappa shape index (κ2) is 5.51. The number of ether oxygens (including phenoxy) is 1. The van der Waals surface area contributed by atoms with Gasteiger partial charge in [0.1, 0.15) is 5.75 Å². The van der Waals surface area contributed by atoms with Gasteiger partial charge in [-0.15, -0.1) is 0 Å². The number of hydrogen-bond acceptors (Lipinski definition) is 3. The van der Waals surface area contributed by atoms with Crippen LogP contribution >= 0.6 is 0 Å². The van der Waals surface area contributed by atoms with Crippen LogP contribution in [0.2, 0.25) is 0 Å². The Morgan fingerprint density at radius 1 is 1.50 bits per heavy atom. The van der Waals surface area contributed by atoms with E-state index in [1.807, 2.05) is 24.3 Å². The molecule has 16 heavy (non-hydrogen) atoms. The minimum atomic E-state index is -0.472. The molecule has 88 valence electrons. The van der Waals surface area contributed by atoms with Crippen molar-refractivity contribution in [1.82, 2.24) is 4.90 Å². The van der Waals surface area contributed by atoms with Crippen LogP contribution in [0.5, 0.6) is 5.75 Å². The van der Waals surface area contributed by atoms with Crippen LogP contribution in [0.1, 0.15) is 12.5 Å². The first-order valence-corrected chi connectivity index (χ1v) is 5.18. The highest BCUT2D eigenvalue weighted by Gasteiger charge is 2.14. The average Bonchev–Trinajstić information content (AvgIpc) is 2.28. The van der Waals surface area contributed by atoms with E-state index in [4.69, 9.17) is 10.5 Å². The minimum Gasteiger partial charge on any atom is -0.496 e. The number of rotatable bonds is 4. The van der Waals surface area contributed by atoms with Gasteiger partial charge in [0.15, 0.2) is 0 Å². The van der Waals surface area contributed by atoms with E-state index in [1.54, 1.807) is 26.0 Å². The van der Waals surface area contributed by atoms with E-state index in [0.29, 0.717) is 6.54 Å². The maximum atomic E-state index is 11.6. The molecule has 0 aliphatic rings. The van der Waals surface area contributed by atoms with Crippen molar-refractivity contribution < 1.29 is 9.53 Å². The molecule has 0 saturated carbocycles. The molecule has 0 aliphatic heterocycles. The number of nitrogens with two attached hydrogens (primary N) is 1. The van der Waals surface area contributed by atoms with E-state index in [2.05, 4.69) is 0 Å². The summed E-state index contributed by atoms with van der Waals surface area (Å²) in [6, 6.07) is 7.15. The van der Waals surface area contributed by atoms with Crippen LogP contribution in [0.25, 0.3) is 0 Å². The predicted octanol–water partition coefficient (Wildman–Crippen LogP) is 1.00. The van der Waals surface area contributed by atoms with E-state index in [9.17, 15) is 4.79 Å². The monoisotopic (exact) mass is 222 g/mol. The fraction of sp³-hybridized carbons (Fsp3) is 0.417. The summed E-state index contributed by atoms with van der Waals surface area (Å²) in [5, 5.41) is 0. The third-order valence-electron chi connectivity index (χ3n) is 2.37. The molecule has 0 heterocycles. The SMILES string of the molecule is COc1ccccc1CN(C)C(=O)[C@@H](C)N. The molecule has 0 aliphatic carbocycles. The van der Waals surface area contributed by atoms with Gasteiger partial charge < -0.3 is 15.4 Å². The van der Waals surface area contributed by atoms with E-state index < -0.39 is 6.04 Å². The Balaban J connectivity index is 2.76. The average molecular weight is 222 g/mol. The number of carbonyl (C=O) groups is 1. The molecule has 0 fully saturated rings. The van der Waals surface area contributed by atoms with Crippen molar-refractivity contribution in [1.29, 1.82) is 0 Å². The Bertz CT molecular complexity index is 364. The van der Waals surface area contributed by atoms with Gasteiger partial charge in [-0.1, -0.05) is 18.2 Å². The second-order valence-electron chi connectivity index (χ2n) is 3.79. The lowest BCUT2D eigenvalue weighted by Crippen LogP contribution is -2.39. The summed E-state index contributed by atoms with van der Waals surface area (Å²) < 4.78 is 5.22. The lowest BCUT2D eigenvalue weighted by Gasteiger charge is -2.20. The van der Waals surface area contributed by atoms with Crippen LogP contribution < -0.4 is 10.5 Å². The largest absolute Gasteiger partial charge is 0.496 e. The van der Waals surface area contributed by atoms with Crippen LogP contribution in [-0.2, 0) is 11.3 Å². The van der Waals surface area contributed by atoms with E-state index >= 15 is 0 Å². The van der Waals surface area contributed by atoms with Crippen molar-refractivity contribution in [2.75, 3.05) is 14.2 Å². The van der Waals surface area contributed by atoms with Crippen molar-refractivity contribution in [2.45, 2.75) is 19.5 Å². The van der Waals surface area contributed by atoms with E-state index in [0.717, 1.165) is 11.3 Å². The molecule has 0 radical (unpaired) electrons. The third kappa shape index (κ3) is 2.97. The van der Waals surface area contributed by atoms with Gasteiger partial charge in [-0.25, -0.2) is 0 Å². The molecule has 1 aromatic carbocycles. The van der Waals surface area contributed by atoms with Crippen LogP contribution in [0.4, 0.5) is 0 Å². The van der Waals surface area contributed by atoms with Gasteiger partial charge in [0.05, 0.1) is 13.2 Å². The topological polar surface area (TPSA) is 55.6 Å². The Morgan fingerprint density at radius 2 is 2.12 bits per heavy atom. The fourth-order valence-corrected chi connectivity index (χ4v) is 1.51. The van der Waals surface area contributed by atoms with Crippen molar-refractivity contribution in [3.63, 3.8) is 0 Å². The molecule has 1 rings (SSSR count). The number of carbonyl (C=O) groups excluding carboxylic acids is 1. The maximum Gasteiger partial charge on any atom is 0.239 e. The van der Waals surface area contributed by atoms with E-state index in [-0.39, 0.29) is 5.91 Å². The lowest BCUT2D eigenvalue weighted by molar-refractivity contribution is -0.131. The molecule has 0 spiro atoms. The molecule has 4 heteroatoms. The molecule has 1 atom stereocenters. The van der Waals surface area contributed by atoms with Gasteiger partial charge in [0, 0.05) is 19.2 Å². The van der Waals surface area contributed by atoms with Crippen molar-refractivity contribution >= 4 is 5.91 Å². The van der Waals surface area contributed by atoms with Gasteiger partial charge in [0.2, 0.25) is 5.91 Å². The van der Waals surface area contributed by atoms with Gasteiger partial charge in [-0.05, 0) is 13.0 Å². The zero-order valence-electron chi connectivity index (χ0n) is 9.93. The standard InChI is InChI=1S/C12H18N2O2/c1-9(13)12(15)14(2)8-10-6-4-5-7-11(10)16-3/h4-7,9H,8,13H2,1-3H3/t9-/m1/s1. The van der Waals surface area contributed by atoms with Crippen molar-refractivity contribution in [3.05, 3.63) is 29.8 Å². The summed E-state index contributed by atoms with van der Waals surface area (Å²) in [6.07, 6.45) is 0. The minimum absolute atomic E-state index is 0.0779. The summed E-state index contributed by atoms with van der Waals surface area (Å²) in [7, 11) is 3.35. The normalized spacial score (nSPS) is 12.0. The number of methoxy groups -OCH3 is 1. The number of benzene rings is 1. The number of para-hydroxylation sites is 1. The molecule has 2 N–H and O–H groups in total. The Hall–Kier alpha value is -1.55. The highest BCUT2D eigenvalue weighted by Crippen LogP contribution is 2.18. The van der Waals surface area contributed by atoms with Gasteiger partial charge >= 0.3 is 0 Å². The number of likely N-dealkylation sites (N-methyl/N-ethyl adjacent to an activating group) is 1. The Morgan fingerprint density at radius 3 is 2.69 bits per heavy atom. The third-order valence-corrected chi connectivity index (χ3v) is 2.37. The molecular formula is C12H18N2O2. The van der Waals surface area contributed by atoms with Crippen molar-refractivity contribution in [3.8, 4) is 5.75 Å². The summed E-state index contributed by atoms with van der Waals surface area (Å²) >= 11 is 0. The van der Waals surface area contributed by atoms with Gasteiger partial charge in [0.25, 0.3) is 0 Å². The Kier molecular flexibility index (Phi) is 4.31. The zero-order chi connectivity index (χ0) is 12.1. The Labute approximate surface area is 96.0 Å². The predicted molar refractivity (Wildman–Crippen MR) is 63.1 cm³/mol. The molecule has 0 bridgehead atoms. The van der Waals surface area contributed by atoms with E-state index in [1.165, 1.54) is 0 Å². The molecule has 1 amide bonds. The number of hydrogen-bond donors (Lipinski definition) is 1. The fourth-order valence-electron chi connectivity index (χ4n) is 1.51.